The number of rotatable bonds is 5. The lowest BCUT2D eigenvalue weighted by Gasteiger charge is -2.44. The van der Waals surface area contributed by atoms with Crippen molar-refractivity contribution in [3.8, 4) is 0 Å². The van der Waals surface area contributed by atoms with Crippen LogP contribution in [0, 0.1) is 29.1 Å². The second-order valence-electron chi connectivity index (χ2n) is 11.4. The van der Waals surface area contributed by atoms with Crippen molar-refractivity contribution in [2.45, 2.75) is 96.9 Å². The summed E-state index contributed by atoms with van der Waals surface area (Å²) in [7, 11) is 0. The van der Waals surface area contributed by atoms with E-state index in [1.54, 1.807) is 0 Å². The highest BCUT2D eigenvalue weighted by Gasteiger charge is 2.51. The molecule has 182 valence electrons. The first kappa shape index (κ1) is 24.5. The Kier molecular flexibility index (Phi) is 7.08. The minimum Gasteiger partial charge on any atom is -0.458 e. The van der Waals surface area contributed by atoms with Crippen molar-refractivity contribution in [1.29, 1.82) is 0 Å². The lowest BCUT2D eigenvalue weighted by atomic mass is 9.60. The first-order chi connectivity index (χ1) is 15.7. The van der Waals surface area contributed by atoms with Crippen LogP contribution in [0.3, 0.4) is 0 Å². The van der Waals surface area contributed by atoms with Gasteiger partial charge in [-0.15, -0.1) is 0 Å². The third-order valence-electron chi connectivity index (χ3n) is 9.45. The second kappa shape index (κ2) is 9.54. The molecular formula is C29H42O4. The molecule has 4 rings (SSSR count). The summed E-state index contributed by atoms with van der Waals surface area (Å²) in [6.45, 7) is 15.0. The second-order valence-corrected chi connectivity index (χ2v) is 11.4. The van der Waals surface area contributed by atoms with Gasteiger partial charge < -0.3 is 14.9 Å². The van der Waals surface area contributed by atoms with Gasteiger partial charge in [-0.25, -0.2) is 4.79 Å². The standard InChI is InChI=1S/C29H42O4/c1-6-23-19(4)28(32)33-27(23)14-17(2)24-11-12-25-20(8-7-13-29(24,25)5)9-10-21-15-22(30)16-26(31)18(21)3/h9-10,17,22-27,30-31H,3-4,6-8,11-16H2,1-2,5H3/b20-9-,21-10+/t17-,22-,23?,24-,25+,26+,27?,29-/m1/s1. The van der Waals surface area contributed by atoms with Crippen molar-refractivity contribution in [3.63, 3.8) is 0 Å². The highest BCUT2D eigenvalue weighted by Crippen LogP contribution is 2.60. The summed E-state index contributed by atoms with van der Waals surface area (Å²) in [6.07, 6.45) is 12.0. The van der Waals surface area contributed by atoms with E-state index in [-0.39, 0.29) is 23.4 Å². The molecule has 0 aromatic carbocycles. The number of hydrogen-bond acceptors (Lipinski definition) is 4. The Balaban J connectivity index is 1.49. The van der Waals surface area contributed by atoms with Crippen molar-refractivity contribution in [2.24, 2.45) is 29.1 Å². The Labute approximate surface area is 199 Å². The van der Waals surface area contributed by atoms with Gasteiger partial charge in [0.25, 0.3) is 0 Å². The molecule has 2 N–H and O–H groups in total. The number of fused-ring (bicyclic) bond motifs is 1. The van der Waals surface area contributed by atoms with E-state index in [0.717, 1.165) is 30.4 Å². The molecule has 0 amide bonds. The molecule has 4 heteroatoms. The molecule has 33 heavy (non-hydrogen) atoms. The zero-order valence-electron chi connectivity index (χ0n) is 20.7. The average molecular weight is 455 g/mol. The number of aliphatic hydroxyl groups is 2. The Morgan fingerprint density at radius 3 is 2.70 bits per heavy atom. The molecule has 3 aliphatic carbocycles. The van der Waals surface area contributed by atoms with E-state index in [1.807, 2.05) is 0 Å². The summed E-state index contributed by atoms with van der Waals surface area (Å²) in [6, 6.07) is 0. The fourth-order valence-electron chi connectivity index (χ4n) is 7.60. The van der Waals surface area contributed by atoms with Crippen LogP contribution >= 0.6 is 0 Å². The molecule has 3 saturated carbocycles. The smallest absolute Gasteiger partial charge is 0.334 e. The largest absolute Gasteiger partial charge is 0.458 e. The van der Waals surface area contributed by atoms with Crippen LogP contribution in [0.4, 0.5) is 0 Å². The summed E-state index contributed by atoms with van der Waals surface area (Å²) >= 11 is 0. The molecule has 0 aromatic heterocycles. The van der Waals surface area contributed by atoms with Crippen LogP contribution in [-0.2, 0) is 9.53 Å². The molecular weight excluding hydrogens is 412 g/mol. The number of carbonyl (C=O) groups is 1. The predicted octanol–water partition coefficient (Wildman–Crippen LogP) is 5.66. The molecule has 2 unspecified atom stereocenters. The van der Waals surface area contributed by atoms with Crippen LogP contribution in [0.1, 0.15) is 78.6 Å². The van der Waals surface area contributed by atoms with Gasteiger partial charge >= 0.3 is 5.97 Å². The molecule has 0 bridgehead atoms. The fraction of sp³-hybridized carbons (Fsp3) is 0.690. The Morgan fingerprint density at radius 2 is 1.97 bits per heavy atom. The SMILES string of the molecule is C=C1C(=O)OC(C[C@@H](C)[C@H]2CC[C@H]3/C(=C\C=C4/C[C@@H](O)C[C@H](O)C4=C)CCC[C@]23C)C1CC. The van der Waals surface area contributed by atoms with Crippen molar-refractivity contribution >= 4 is 5.97 Å². The van der Waals surface area contributed by atoms with Crippen LogP contribution in [0.25, 0.3) is 0 Å². The van der Waals surface area contributed by atoms with Gasteiger partial charge in [-0.05, 0) is 85.7 Å². The molecule has 4 fully saturated rings. The molecule has 4 nitrogen and oxygen atoms in total. The molecule has 1 saturated heterocycles. The molecule has 0 radical (unpaired) electrons. The van der Waals surface area contributed by atoms with E-state index in [9.17, 15) is 15.0 Å². The maximum atomic E-state index is 12.1. The van der Waals surface area contributed by atoms with Gasteiger partial charge in [0.05, 0.1) is 12.2 Å². The van der Waals surface area contributed by atoms with Crippen molar-refractivity contribution in [1.82, 2.24) is 0 Å². The molecule has 0 aromatic rings. The van der Waals surface area contributed by atoms with E-state index in [4.69, 9.17) is 4.74 Å². The van der Waals surface area contributed by atoms with Gasteiger partial charge in [0.1, 0.15) is 6.10 Å². The minimum atomic E-state index is -0.639. The summed E-state index contributed by atoms with van der Waals surface area (Å²) in [5, 5.41) is 20.2. The number of hydrogen-bond donors (Lipinski definition) is 2. The van der Waals surface area contributed by atoms with Gasteiger partial charge in [0.15, 0.2) is 0 Å². The van der Waals surface area contributed by atoms with Gasteiger partial charge in [-0.1, -0.05) is 51.7 Å². The van der Waals surface area contributed by atoms with Crippen LogP contribution < -0.4 is 0 Å². The highest BCUT2D eigenvalue weighted by atomic mass is 16.6. The Hall–Kier alpha value is -1.65. The van der Waals surface area contributed by atoms with Crippen LogP contribution in [-0.4, -0.2) is 34.5 Å². The maximum absolute atomic E-state index is 12.1. The van der Waals surface area contributed by atoms with Gasteiger partial charge in [0, 0.05) is 17.9 Å². The first-order valence-corrected chi connectivity index (χ1v) is 13.0. The number of ether oxygens (including phenoxy) is 1. The number of esters is 1. The Morgan fingerprint density at radius 1 is 1.21 bits per heavy atom. The molecule has 1 aliphatic heterocycles. The van der Waals surface area contributed by atoms with E-state index < -0.39 is 12.2 Å². The van der Waals surface area contributed by atoms with E-state index in [0.29, 0.717) is 36.2 Å². The number of cyclic esters (lactones) is 1. The lowest BCUT2D eigenvalue weighted by Crippen LogP contribution is -2.37. The zero-order chi connectivity index (χ0) is 23.9. The third-order valence-corrected chi connectivity index (χ3v) is 9.45. The normalized spacial score (nSPS) is 42.6. The maximum Gasteiger partial charge on any atom is 0.334 e. The molecule has 1 heterocycles. The Bertz CT molecular complexity index is 867. The quantitative estimate of drug-likeness (QED) is 0.415. The van der Waals surface area contributed by atoms with Crippen molar-refractivity contribution in [2.75, 3.05) is 0 Å². The average Bonchev–Trinajstić information content (AvgIpc) is 3.25. The van der Waals surface area contributed by atoms with Crippen LogP contribution in [0.2, 0.25) is 0 Å². The van der Waals surface area contributed by atoms with E-state index in [2.05, 4.69) is 46.1 Å². The van der Waals surface area contributed by atoms with Crippen molar-refractivity contribution < 1.29 is 19.7 Å². The molecule has 8 atom stereocenters. The van der Waals surface area contributed by atoms with E-state index in [1.165, 1.54) is 31.3 Å². The van der Waals surface area contributed by atoms with Gasteiger partial charge in [-0.3, -0.25) is 0 Å². The number of allylic oxidation sites excluding steroid dienone is 3. The minimum absolute atomic E-state index is 0.0221. The van der Waals surface area contributed by atoms with Crippen LogP contribution in [0.5, 0.6) is 0 Å². The molecule has 4 aliphatic rings. The summed E-state index contributed by atoms with van der Waals surface area (Å²) in [4.78, 5) is 12.1. The predicted molar refractivity (Wildman–Crippen MR) is 131 cm³/mol. The number of carbonyl (C=O) groups excluding carboxylic acids is 1. The topological polar surface area (TPSA) is 66.8 Å². The summed E-state index contributed by atoms with van der Waals surface area (Å²) in [5.74, 6) is 1.65. The zero-order valence-corrected chi connectivity index (χ0v) is 20.7. The third kappa shape index (κ3) is 4.53. The summed E-state index contributed by atoms with van der Waals surface area (Å²) < 4.78 is 5.72. The van der Waals surface area contributed by atoms with E-state index >= 15 is 0 Å². The number of aliphatic hydroxyl groups excluding tert-OH is 2. The lowest BCUT2D eigenvalue weighted by molar-refractivity contribution is -0.140. The van der Waals surface area contributed by atoms with Gasteiger partial charge in [-0.2, -0.15) is 0 Å². The summed E-state index contributed by atoms with van der Waals surface area (Å²) in [5.41, 5.74) is 4.18. The van der Waals surface area contributed by atoms with Crippen molar-refractivity contribution in [3.05, 3.63) is 47.6 Å². The highest BCUT2D eigenvalue weighted by molar-refractivity contribution is 5.90. The molecule has 0 spiro atoms. The van der Waals surface area contributed by atoms with Gasteiger partial charge in [0.2, 0.25) is 0 Å². The van der Waals surface area contributed by atoms with Crippen LogP contribution in [0.15, 0.2) is 47.6 Å². The monoisotopic (exact) mass is 454 g/mol. The fourth-order valence-corrected chi connectivity index (χ4v) is 7.60. The first-order valence-electron chi connectivity index (χ1n) is 13.0.